The third kappa shape index (κ3) is 4.27. The van der Waals surface area contributed by atoms with Gasteiger partial charge in [0.05, 0.1) is 23.4 Å². The number of hydrogen-bond acceptors (Lipinski definition) is 4. The van der Waals surface area contributed by atoms with Gasteiger partial charge in [0.25, 0.3) is 5.56 Å². The zero-order valence-corrected chi connectivity index (χ0v) is 18.6. The van der Waals surface area contributed by atoms with Crippen molar-refractivity contribution < 1.29 is 14.7 Å². The highest BCUT2D eigenvalue weighted by Gasteiger charge is 2.23. The molecule has 0 saturated carbocycles. The van der Waals surface area contributed by atoms with Crippen LogP contribution in [-0.4, -0.2) is 31.7 Å². The highest BCUT2D eigenvalue weighted by atomic mass is 16.4. The molecule has 0 atom stereocenters. The van der Waals surface area contributed by atoms with Crippen molar-refractivity contribution in [1.29, 1.82) is 0 Å². The minimum Gasteiger partial charge on any atom is -0.481 e. The first-order valence-electron chi connectivity index (χ1n) is 11.1. The summed E-state index contributed by atoms with van der Waals surface area (Å²) in [6.07, 6.45) is -0.524. The van der Waals surface area contributed by atoms with Crippen molar-refractivity contribution in [1.82, 2.24) is 14.8 Å². The van der Waals surface area contributed by atoms with Gasteiger partial charge in [-0.05, 0) is 17.7 Å². The van der Waals surface area contributed by atoms with E-state index in [4.69, 9.17) is 5.11 Å². The van der Waals surface area contributed by atoms with E-state index in [1.165, 1.54) is 4.68 Å². The molecule has 0 aliphatic heterocycles. The van der Waals surface area contributed by atoms with Crippen LogP contribution in [0.3, 0.4) is 0 Å². The SMILES string of the molecule is O=C(O)CCC(=O)n1nc(-c2c(-c3ccccc3)c3ccccc3[nH]c2=O)cc1-c1ccccc1. The van der Waals surface area contributed by atoms with E-state index in [1.54, 1.807) is 6.07 Å². The Morgan fingerprint density at radius 3 is 2.11 bits per heavy atom. The number of carboxylic acid groups (broad SMARTS) is 1. The molecule has 7 nitrogen and oxygen atoms in total. The lowest BCUT2D eigenvalue weighted by Gasteiger charge is -2.11. The van der Waals surface area contributed by atoms with Crippen LogP contribution in [0.1, 0.15) is 17.6 Å². The van der Waals surface area contributed by atoms with Crippen molar-refractivity contribution >= 4 is 22.8 Å². The van der Waals surface area contributed by atoms with Crippen molar-refractivity contribution in [3.05, 3.63) is 101 Å². The first kappa shape index (κ1) is 22.0. The van der Waals surface area contributed by atoms with Crippen LogP contribution >= 0.6 is 0 Å². The number of benzene rings is 3. The standard InChI is InChI=1S/C28H21N3O4/c32-24(15-16-25(33)34)31-23(18-9-3-1-4-10-18)17-22(30-31)27-26(19-11-5-2-6-12-19)20-13-7-8-14-21(20)29-28(27)35/h1-14,17H,15-16H2,(H,29,35)(H,33,34). The second kappa shape index (κ2) is 9.23. The predicted molar refractivity (Wildman–Crippen MR) is 134 cm³/mol. The molecular weight excluding hydrogens is 442 g/mol. The number of aromatic amines is 1. The normalized spacial score (nSPS) is 11.0. The Morgan fingerprint density at radius 1 is 0.800 bits per heavy atom. The second-order valence-electron chi connectivity index (χ2n) is 8.10. The summed E-state index contributed by atoms with van der Waals surface area (Å²) in [6, 6.07) is 28.0. The summed E-state index contributed by atoms with van der Waals surface area (Å²) in [7, 11) is 0. The molecule has 3 aromatic carbocycles. The van der Waals surface area contributed by atoms with Crippen LogP contribution in [0, 0.1) is 0 Å². The highest BCUT2D eigenvalue weighted by Crippen LogP contribution is 2.36. The summed E-state index contributed by atoms with van der Waals surface area (Å²) in [5, 5.41) is 14.4. The smallest absolute Gasteiger partial charge is 0.303 e. The fraction of sp³-hybridized carbons (Fsp3) is 0.0714. The van der Waals surface area contributed by atoms with Crippen LogP contribution in [-0.2, 0) is 4.79 Å². The van der Waals surface area contributed by atoms with E-state index < -0.39 is 11.9 Å². The van der Waals surface area contributed by atoms with Gasteiger partial charge in [0, 0.05) is 28.5 Å². The number of rotatable bonds is 6. The van der Waals surface area contributed by atoms with Gasteiger partial charge in [-0.1, -0.05) is 78.9 Å². The molecule has 0 spiro atoms. The molecule has 2 aromatic heterocycles. The molecule has 2 N–H and O–H groups in total. The summed E-state index contributed by atoms with van der Waals surface area (Å²) in [6.45, 7) is 0. The molecule has 7 heteroatoms. The minimum atomic E-state index is -1.07. The number of fused-ring (bicyclic) bond motifs is 1. The van der Waals surface area contributed by atoms with Gasteiger partial charge in [-0.2, -0.15) is 9.78 Å². The van der Waals surface area contributed by atoms with Crippen LogP contribution in [0.15, 0.2) is 95.8 Å². The Balaban J connectivity index is 1.78. The first-order valence-corrected chi connectivity index (χ1v) is 11.1. The highest BCUT2D eigenvalue weighted by molar-refractivity contribution is 6.02. The molecular formula is C28H21N3O4. The third-order valence-electron chi connectivity index (χ3n) is 5.81. The Bertz CT molecular complexity index is 1600. The van der Waals surface area contributed by atoms with E-state index in [2.05, 4.69) is 10.1 Å². The number of para-hydroxylation sites is 1. The van der Waals surface area contributed by atoms with Gasteiger partial charge in [-0.25, -0.2) is 0 Å². The van der Waals surface area contributed by atoms with Gasteiger partial charge < -0.3 is 10.1 Å². The molecule has 35 heavy (non-hydrogen) atoms. The lowest BCUT2D eigenvalue weighted by molar-refractivity contribution is -0.137. The topological polar surface area (TPSA) is 105 Å². The van der Waals surface area contributed by atoms with Crippen LogP contribution in [0.5, 0.6) is 0 Å². The monoisotopic (exact) mass is 463 g/mol. The number of carbonyl (C=O) groups is 2. The first-order chi connectivity index (χ1) is 17.0. The molecule has 172 valence electrons. The summed E-state index contributed by atoms with van der Waals surface area (Å²) < 4.78 is 1.21. The van der Waals surface area contributed by atoms with E-state index in [0.717, 1.165) is 16.5 Å². The van der Waals surface area contributed by atoms with Gasteiger partial charge in [0.2, 0.25) is 5.91 Å². The van der Waals surface area contributed by atoms with Gasteiger partial charge in [-0.15, -0.1) is 0 Å². The van der Waals surface area contributed by atoms with E-state index >= 15 is 0 Å². The Morgan fingerprint density at radius 2 is 1.43 bits per heavy atom. The molecule has 5 rings (SSSR count). The Labute approximate surface area is 200 Å². The molecule has 0 unspecified atom stereocenters. The summed E-state index contributed by atoms with van der Waals surface area (Å²) in [4.78, 5) is 40.4. The minimum absolute atomic E-state index is 0.212. The number of carbonyl (C=O) groups excluding carboxylic acids is 1. The van der Waals surface area contributed by atoms with Crippen LogP contribution in [0.4, 0.5) is 0 Å². The fourth-order valence-corrected chi connectivity index (χ4v) is 4.22. The number of aromatic nitrogens is 3. The number of aliphatic carboxylic acids is 1. The molecule has 0 bridgehead atoms. The number of H-pyrrole nitrogens is 1. The maximum Gasteiger partial charge on any atom is 0.303 e. The van der Waals surface area contributed by atoms with Gasteiger partial charge >= 0.3 is 5.97 Å². The number of pyridine rings is 1. The van der Waals surface area contributed by atoms with E-state index in [0.29, 0.717) is 28.0 Å². The molecule has 0 fully saturated rings. The molecule has 5 aromatic rings. The number of carboxylic acids is 1. The second-order valence-corrected chi connectivity index (χ2v) is 8.10. The fourth-order valence-electron chi connectivity index (χ4n) is 4.22. The van der Waals surface area contributed by atoms with Crippen LogP contribution in [0.2, 0.25) is 0 Å². The quantitative estimate of drug-likeness (QED) is 0.359. The zero-order chi connectivity index (χ0) is 24.4. The third-order valence-corrected chi connectivity index (χ3v) is 5.81. The summed E-state index contributed by atoms with van der Waals surface area (Å²) in [5.74, 6) is -1.53. The zero-order valence-electron chi connectivity index (χ0n) is 18.6. The maximum absolute atomic E-state index is 13.4. The van der Waals surface area contributed by atoms with Crippen molar-refractivity contribution in [3.63, 3.8) is 0 Å². The van der Waals surface area contributed by atoms with Gasteiger partial charge in [-0.3, -0.25) is 14.4 Å². The predicted octanol–water partition coefficient (Wildman–Crippen LogP) is 5.23. The van der Waals surface area contributed by atoms with Crippen LogP contribution in [0.25, 0.3) is 44.5 Å². The van der Waals surface area contributed by atoms with Crippen molar-refractivity contribution in [2.24, 2.45) is 0 Å². The average molecular weight is 463 g/mol. The number of nitrogens with one attached hydrogen (secondary N) is 1. The lowest BCUT2D eigenvalue weighted by atomic mass is 9.94. The van der Waals surface area contributed by atoms with Crippen molar-refractivity contribution in [2.75, 3.05) is 0 Å². The van der Waals surface area contributed by atoms with E-state index in [1.807, 2.05) is 84.9 Å². The van der Waals surface area contributed by atoms with E-state index in [9.17, 15) is 14.4 Å². The molecule has 2 heterocycles. The average Bonchev–Trinajstić information content (AvgIpc) is 3.32. The number of hydrogen-bond donors (Lipinski definition) is 2. The summed E-state index contributed by atoms with van der Waals surface area (Å²) in [5.41, 5.74) is 3.82. The molecule has 0 amide bonds. The Hall–Kier alpha value is -4.78. The number of nitrogens with zero attached hydrogens (tertiary/aromatic N) is 2. The van der Waals surface area contributed by atoms with Crippen molar-refractivity contribution in [2.45, 2.75) is 12.8 Å². The van der Waals surface area contributed by atoms with Crippen molar-refractivity contribution in [3.8, 4) is 33.6 Å². The Kier molecular flexibility index (Phi) is 5.81. The molecule has 0 aliphatic carbocycles. The maximum atomic E-state index is 13.4. The van der Waals surface area contributed by atoms with Gasteiger partial charge in [0.15, 0.2) is 0 Å². The van der Waals surface area contributed by atoms with Crippen LogP contribution < -0.4 is 5.56 Å². The lowest BCUT2D eigenvalue weighted by Crippen LogP contribution is -2.16. The van der Waals surface area contributed by atoms with E-state index in [-0.39, 0.29) is 18.4 Å². The molecule has 0 radical (unpaired) electrons. The molecule has 0 saturated heterocycles. The largest absolute Gasteiger partial charge is 0.481 e. The van der Waals surface area contributed by atoms with Gasteiger partial charge in [0.1, 0.15) is 0 Å². The summed E-state index contributed by atoms with van der Waals surface area (Å²) >= 11 is 0. The molecule has 0 aliphatic rings.